The Balaban J connectivity index is 1.70. The molecule has 5 rings (SSSR count). The van der Waals surface area contributed by atoms with Gasteiger partial charge in [0.05, 0.1) is 5.60 Å². The number of carboxylic acids is 1. The largest absolute Gasteiger partial charge is 0.507 e. The number of aliphatic hydroxyl groups is 1. The van der Waals surface area contributed by atoms with E-state index in [0.29, 0.717) is 37.2 Å². The minimum absolute atomic E-state index is 0.0810. The van der Waals surface area contributed by atoms with Gasteiger partial charge in [-0.3, -0.25) is 9.69 Å². The van der Waals surface area contributed by atoms with Gasteiger partial charge in [-0.05, 0) is 56.2 Å². The summed E-state index contributed by atoms with van der Waals surface area (Å²) in [5.74, 6) is -0.662. The fourth-order valence-corrected chi connectivity index (χ4v) is 6.03. The summed E-state index contributed by atoms with van der Waals surface area (Å²) >= 11 is 0. The van der Waals surface area contributed by atoms with Gasteiger partial charge < -0.3 is 15.3 Å². The van der Waals surface area contributed by atoms with Gasteiger partial charge in [0.15, 0.2) is 0 Å². The van der Waals surface area contributed by atoms with Crippen LogP contribution in [0.25, 0.3) is 0 Å². The van der Waals surface area contributed by atoms with Gasteiger partial charge in [0, 0.05) is 36.4 Å². The molecule has 3 fully saturated rings. The third-order valence-electron chi connectivity index (χ3n) is 7.51. The molecule has 2 bridgehead atoms. The fourth-order valence-electron chi connectivity index (χ4n) is 6.03. The molecule has 0 aromatic heterocycles. The number of benzene rings is 1. The Hall–Kier alpha value is -1.92. The summed E-state index contributed by atoms with van der Waals surface area (Å²) in [5.41, 5.74) is -0.740. The van der Waals surface area contributed by atoms with Gasteiger partial charge in [-0.1, -0.05) is 6.07 Å². The van der Waals surface area contributed by atoms with E-state index >= 15 is 0 Å². The zero-order valence-corrected chi connectivity index (χ0v) is 15.3. The zero-order valence-electron chi connectivity index (χ0n) is 15.3. The molecule has 3 N–H and O–H groups in total. The van der Waals surface area contributed by atoms with Crippen LogP contribution >= 0.6 is 0 Å². The monoisotopic (exact) mass is 371 g/mol. The number of likely N-dealkylation sites (tertiary alicyclic amines) is 1. The summed E-state index contributed by atoms with van der Waals surface area (Å²) in [6.07, 6.45) is 4.55. The first-order chi connectivity index (χ1) is 12.9. The third kappa shape index (κ3) is 2.26. The number of fused-ring (bicyclic) bond motifs is 1. The molecule has 3 atom stereocenters. The molecule has 1 saturated heterocycles. The van der Waals surface area contributed by atoms with Crippen molar-refractivity contribution in [2.45, 2.75) is 62.0 Å². The number of piperidine rings is 1. The van der Waals surface area contributed by atoms with E-state index in [1.54, 1.807) is 6.07 Å². The van der Waals surface area contributed by atoms with E-state index in [-0.39, 0.29) is 29.6 Å². The van der Waals surface area contributed by atoms with Crippen molar-refractivity contribution in [1.29, 1.82) is 0 Å². The van der Waals surface area contributed by atoms with Crippen molar-refractivity contribution in [1.82, 2.24) is 4.90 Å². The van der Waals surface area contributed by atoms with E-state index in [1.807, 2.05) is 0 Å². The summed E-state index contributed by atoms with van der Waals surface area (Å²) in [4.78, 5) is 26.4. The van der Waals surface area contributed by atoms with E-state index in [2.05, 4.69) is 4.90 Å². The highest BCUT2D eigenvalue weighted by atomic mass is 16.4. The Morgan fingerprint density at radius 1 is 1.26 bits per heavy atom. The van der Waals surface area contributed by atoms with E-state index in [4.69, 9.17) is 0 Å². The second kappa shape index (κ2) is 5.55. The van der Waals surface area contributed by atoms with Crippen molar-refractivity contribution in [2.75, 3.05) is 13.1 Å². The number of aromatic hydroxyl groups is 1. The van der Waals surface area contributed by atoms with Gasteiger partial charge in [-0.25, -0.2) is 4.79 Å². The topological polar surface area (TPSA) is 98.1 Å². The summed E-state index contributed by atoms with van der Waals surface area (Å²) < 4.78 is 0. The van der Waals surface area contributed by atoms with E-state index in [0.717, 1.165) is 18.7 Å². The number of carboxylic acid groups (broad SMARTS) is 1. The number of carbonyl (C=O) groups excluding carboxylic acids is 1. The molecule has 1 aliphatic heterocycles. The Morgan fingerprint density at radius 2 is 2.04 bits per heavy atom. The molecule has 2 saturated carbocycles. The highest BCUT2D eigenvalue weighted by Crippen LogP contribution is 2.60. The molecule has 0 radical (unpaired) electrons. The molecule has 27 heavy (non-hydrogen) atoms. The average Bonchev–Trinajstić information content (AvgIpc) is 3.42. The summed E-state index contributed by atoms with van der Waals surface area (Å²) in [6.45, 7) is 1.75. The van der Waals surface area contributed by atoms with Crippen LogP contribution in [-0.4, -0.2) is 56.7 Å². The number of aromatic carboxylic acids is 1. The van der Waals surface area contributed by atoms with Crippen LogP contribution in [0.3, 0.4) is 0 Å². The van der Waals surface area contributed by atoms with Crippen molar-refractivity contribution in [3.05, 3.63) is 28.8 Å². The summed E-state index contributed by atoms with van der Waals surface area (Å²) in [7, 11) is 0. The first kappa shape index (κ1) is 17.2. The first-order valence-corrected chi connectivity index (χ1v) is 9.92. The van der Waals surface area contributed by atoms with Crippen molar-refractivity contribution in [2.24, 2.45) is 5.92 Å². The number of carbonyl (C=O) groups is 2. The van der Waals surface area contributed by atoms with Gasteiger partial charge >= 0.3 is 5.97 Å². The number of Topliss-reactive ketones (excluding diaryl/α,β-unsaturated/α-hetero) is 1. The highest BCUT2D eigenvalue weighted by molar-refractivity contribution is 5.92. The summed E-state index contributed by atoms with van der Waals surface area (Å²) in [5, 5.41) is 32.2. The van der Waals surface area contributed by atoms with Crippen LogP contribution in [0.5, 0.6) is 5.75 Å². The number of phenols is 1. The van der Waals surface area contributed by atoms with Gasteiger partial charge in [-0.15, -0.1) is 0 Å². The molecule has 1 unspecified atom stereocenters. The Labute approximate surface area is 157 Å². The van der Waals surface area contributed by atoms with Gasteiger partial charge in [-0.2, -0.15) is 0 Å². The smallest absolute Gasteiger partial charge is 0.339 e. The molecule has 4 aliphatic rings. The second-order valence-electron chi connectivity index (χ2n) is 8.93. The lowest BCUT2D eigenvalue weighted by atomic mass is 9.49. The van der Waals surface area contributed by atoms with Crippen LogP contribution in [-0.2, 0) is 16.6 Å². The van der Waals surface area contributed by atoms with Crippen molar-refractivity contribution in [3.63, 3.8) is 0 Å². The molecule has 144 valence electrons. The van der Waals surface area contributed by atoms with E-state index in [9.17, 15) is 24.9 Å². The van der Waals surface area contributed by atoms with Gasteiger partial charge in [0.25, 0.3) is 0 Å². The molecule has 1 aromatic rings. The van der Waals surface area contributed by atoms with Crippen molar-refractivity contribution in [3.8, 4) is 5.75 Å². The number of ketones is 1. The molecular weight excluding hydrogens is 346 g/mol. The maximum atomic E-state index is 12.4. The lowest BCUT2D eigenvalue weighted by Crippen LogP contribution is -2.73. The molecule has 6 heteroatoms. The SMILES string of the molecule is O=C1CCC2(O)[C@H]3Cc4ccc(C(=O)O)c(O)c4[C@@]2(CCN3CC2CC2)C1. The predicted octanol–water partition coefficient (Wildman–Crippen LogP) is 1.85. The standard InChI is InChI=1S/C21H25NO5/c23-14-5-6-21(27)16-9-13-3-4-15(19(25)26)18(24)17(13)20(21,10-14)7-8-22(16)11-12-1-2-12/h3-4,12,16,24,27H,1-2,5-11H2,(H,25,26)/t16-,20-,21?/m1/s1. The number of rotatable bonds is 3. The number of hydrogen-bond donors (Lipinski definition) is 3. The van der Waals surface area contributed by atoms with E-state index in [1.165, 1.54) is 18.9 Å². The number of nitrogens with zero attached hydrogens (tertiary/aromatic N) is 1. The molecular formula is C21H25NO5. The molecule has 0 spiro atoms. The Kier molecular flexibility index (Phi) is 3.53. The Morgan fingerprint density at radius 3 is 2.74 bits per heavy atom. The predicted molar refractivity (Wildman–Crippen MR) is 97.0 cm³/mol. The lowest BCUT2D eigenvalue weighted by molar-refractivity contribution is -0.173. The molecule has 0 amide bonds. The van der Waals surface area contributed by atoms with Crippen LogP contribution in [0.4, 0.5) is 0 Å². The Bertz CT molecular complexity index is 847. The molecule has 1 heterocycles. The number of hydrogen-bond acceptors (Lipinski definition) is 5. The van der Waals surface area contributed by atoms with Crippen LogP contribution in [0.2, 0.25) is 0 Å². The quantitative estimate of drug-likeness (QED) is 0.750. The summed E-state index contributed by atoms with van der Waals surface area (Å²) in [6, 6.07) is 3.14. The highest BCUT2D eigenvalue weighted by Gasteiger charge is 2.65. The normalized spacial score (nSPS) is 35.4. The minimum atomic E-state index is -1.19. The molecule has 1 aromatic carbocycles. The second-order valence-corrected chi connectivity index (χ2v) is 8.93. The van der Waals surface area contributed by atoms with Gasteiger partial charge in [0.1, 0.15) is 17.1 Å². The van der Waals surface area contributed by atoms with Gasteiger partial charge in [0.2, 0.25) is 0 Å². The fraction of sp³-hybridized carbons (Fsp3) is 0.619. The van der Waals surface area contributed by atoms with E-state index < -0.39 is 17.0 Å². The average molecular weight is 371 g/mol. The van der Waals surface area contributed by atoms with Crippen LogP contribution < -0.4 is 0 Å². The van der Waals surface area contributed by atoms with Crippen LogP contribution in [0, 0.1) is 5.92 Å². The maximum Gasteiger partial charge on any atom is 0.339 e. The minimum Gasteiger partial charge on any atom is -0.507 e. The van der Waals surface area contributed by atoms with Crippen LogP contribution in [0.15, 0.2) is 12.1 Å². The lowest BCUT2D eigenvalue weighted by Gasteiger charge is -2.63. The zero-order chi connectivity index (χ0) is 19.0. The maximum absolute atomic E-state index is 12.4. The third-order valence-corrected chi connectivity index (χ3v) is 7.51. The van der Waals surface area contributed by atoms with Crippen LogP contribution in [0.1, 0.15) is 60.0 Å². The molecule has 6 nitrogen and oxygen atoms in total. The first-order valence-electron chi connectivity index (χ1n) is 9.92. The molecule has 3 aliphatic carbocycles. The van der Waals surface area contributed by atoms with Crippen molar-refractivity contribution < 1.29 is 24.9 Å². The van der Waals surface area contributed by atoms with Crippen molar-refractivity contribution >= 4 is 11.8 Å².